The largest absolute Gasteiger partial charge is 0.324 e. The van der Waals surface area contributed by atoms with E-state index in [4.69, 9.17) is 17.3 Å². The minimum atomic E-state index is 0. The number of rotatable bonds is 4. The van der Waals surface area contributed by atoms with Crippen LogP contribution >= 0.6 is 24.0 Å². The fourth-order valence-corrected chi connectivity index (χ4v) is 1.40. The third kappa shape index (κ3) is 5.36. The van der Waals surface area contributed by atoms with Crippen molar-refractivity contribution >= 4 is 24.0 Å². The summed E-state index contributed by atoms with van der Waals surface area (Å²) in [5.74, 6) is 0.696. The van der Waals surface area contributed by atoms with Crippen LogP contribution in [0.1, 0.15) is 38.3 Å². The maximum atomic E-state index is 6.01. The highest BCUT2D eigenvalue weighted by Gasteiger charge is 2.07. The van der Waals surface area contributed by atoms with Crippen LogP contribution in [0.3, 0.4) is 0 Å². The maximum absolute atomic E-state index is 6.01. The van der Waals surface area contributed by atoms with Gasteiger partial charge in [0, 0.05) is 12.2 Å². The molecule has 86 valence electrons. The summed E-state index contributed by atoms with van der Waals surface area (Å²) in [4.78, 5) is 4.01. The molecule has 0 fully saturated rings. The molecule has 0 unspecified atom stereocenters. The summed E-state index contributed by atoms with van der Waals surface area (Å²) in [6.07, 6.45) is 3.90. The van der Waals surface area contributed by atoms with E-state index in [2.05, 4.69) is 18.8 Å². The quantitative estimate of drug-likeness (QED) is 0.828. The maximum Gasteiger partial charge on any atom is 0.129 e. The van der Waals surface area contributed by atoms with E-state index >= 15 is 0 Å². The third-order valence-corrected chi connectivity index (χ3v) is 2.46. The number of hydrogen-bond acceptors (Lipinski definition) is 2. The lowest BCUT2D eigenvalue weighted by molar-refractivity contribution is 0.506. The van der Waals surface area contributed by atoms with Gasteiger partial charge in [-0.2, -0.15) is 0 Å². The molecule has 2 N–H and O–H groups in total. The molecule has 0 aliphatic heterocycles. The van der Waals surface area contributed by atoms with Gasteiger partial charge < -0.3 is 5.73 Å². The van der Waals surface area contributed by atoms with Crippen LogP contribution in [0.2, 0.25) is 5.15 Å². The van der Waals surface area contributed by atoms with E-state index < -0.39 is 0 Å². The summed E-state index contributed by atoms with van der Waals surface area (Å²) < 4.78 is 0. The smallest absolute Gasteiger partial charge is 0.129 e. The zero-order valence-electron chi connectivity index (χ0n) is 9.11. The van der Waals surface area contributed by atoms with E-state index in [0.717, 1.165) is 18.4 Å². The Morgan fingerprint density at radius 3 is 2.47 bits per heavy atom. The minimum absolute atomic E-state index is 0. The SMILES string of the molecule is CC(C)CC[C@H](N)c1ccc(Cl)nc1.Cl. The van der Waals surface area contributed by atoms with Crippen LogP contribution in [0.5, 0.6) is 0 Å². The summed E-state index contributed by atoms with van der Waals surface area (Å²) in [5, 5.41) is 0.518. The zero-order chi connectivity index (χ0) is 10.6. The summed E-state index contributed by atoms with van der Waals surface area (Å²) in [5.41, 5.74) is 7.08. The van der Waals surface area contributed by atoms with Gasteiger partial charge in [0.15, 0.2) is 0 Å². The zero-order valence-corrected chi connectivity index (χ0v) is 10.7. The molecule has 0 aliphatic rings. The summed E-state index contributed by atoms with van der Waals surface area (Å²) in [7, 11) is 0. The number of nitrogens with zero attached hydrogens (tertiary/aromatic N) is 1. The first-order valence-electron chi connectivity index (χ1n) is 4.96. The molecule has 1 rings (SSSR count). The molecule has 0 aromatic carbocycles. The van der Waals surface area contributed by atoms with Crippen molar-refractivity contribution in [1.29, 1.82) is 0 Å². The van der Waals surface area contributed by atoms with Gasteiger partial charge in [0.05, 0.1) is 0 Å². The van der Waals surface area contributed by atoms with E-state index in [0.29, 0.717) is 11.1 Å². The van der Waals surface area contributed by atoms with Gasteiger partial charge in [-0.3, -0.25) is 0 Å². The fourth-order valence-electron chi connectivity index (χ4n) is 1.29. The summed E-state index contributed by atoms with van der Waals surface area (Å²) in [6, 6.07) is 3.81. The Morgan fingerprint density at radius 2 is 2.00 bits per heavy atom. The van der Waals surface area contributed by atoms with Gasteiger partial charge >= 0.3 is 0 Å². The second-order valence-electron chi connectivity index (χ2n) is 3.99. The van der Waals surface area contributed by atoms with Crippen LogP contribution in [-0.4, -0.2) is 4.98 Å². The van der Waals surface area contributed by atoms with Gasteiger partial charge in [-0.05, 0) is 30.4 Å². The van der Waals surface area contributed by atoms with E-state index in [9.17, 15) is 0 Å². The second-order valence-corrected chi connectivity index (χ2v) is 4.38. The molecule has 2 nitrogen and oxygen atoms in total. The van der Waals surface area contributed by atoms with Crippen molar-refractivity contribution in [2.45, 2.75) is 32.7 Å². The van der Waals surface area contributed by atoms with Crippen molar-refractivity contribution in [1.82, 2.24) is 4.98 Å². The Balaban J connectivity index is 0.00000196. The first kappa shape index (κ1) is 14.7. The van der Waals surface area contributed by atoms with E-state index in [-0.39, 0.29) is 18.4 Å². The van der Waals surface area contributed by atoms with Gasteiger partial charge in [0.25, 0.3) is 0 Å². The Labute approximate surface area is 103 Å². The predicted molar refractivity (Wildman–Crippen MR) is 67.5 cm³/mol. The number of pyridine rings is 1. The van der Waals surface area contributed by atoms with Crippen molar-refractivity contribution in [2.75, 3.05) is 0 Å². The van der Waals surface area contributed by atoms with Gasteiger partial charge in [-0.15, -0.1) is 12.4 Å². The lowest BCUT2D eigenvalue weighted by atomic mass is 10.00. The average molecular weight is 249 g/mol. The molecular formula is C11H18Cl2N2. The van der Waals surface area contributed by atoms with Crippen LogP contribution in [-0.2, 0) is 0 Å². The first-order chi connectivity index (χ1) is 6.59. The lowest BCUT2D eigenvalue weighted by Gasteiger charge is -2.12. The van der Waals surface area contributed by atoms with Gasteiger partial charge in [-0.25, -0.2) is 4.98 Å². The van der Waals surface area contributed by atoms with Crippen LogP contribution in [0.25, 0.3) is 0 Å². The molecule has 0 aliphatic carbocycles. The number of aromatic nitrogens is 1. The van der Waals surface area contributed by atoms with Crippen molar-refractivity contribution in [3.63, 3.8) is 0 Å². The Kier molecular flexibility index (Phi) is 6.90. The third-order valence-electron chi connectivity index (χ3n) is 2.23. The summed E-state index contributed by atoms with van der Waals surface area (Å²) in [6.45, 7) is 4.40. The molecule has 4 heteroatoms. The minimum Gasteiger partial charge on any atom is -0.324 e. The van der Waals surface area contributed by atoms with Crippen LogP contribution in [0, 0.1) is 5.92 Å². The molecule has 15 heavy (non-hydrogen) atoms. The molecule has 0 amide bonds. The Bertz CT molecular complexity index is 272. The molecule has 1 aromatic heterocycles. The normalized spacial score (nSPS) is 12.3. The van der Waals surface area contributed by atoms with Crippen LogP contribution in [0.15, 0.2) is 18.3 Å². The monoisotopic (exact) mass is 248 g/mol. The van der Waals surface area contributed by atoms with Gasteiger partial charge in [0.1, 0.15) is 5.15 Å². The summed E-state index contributed by atoms with van der Waals surface area (Å²) >= 11 is 5.69. The van der Waals surface area contributed by atoms with E-state index in [1.165, 1.54) is 0 Å². The standard InChI is InChI=1S/C11H17ClN2.ClH/c1-8(2)3-5-10(13)9-4-6-11(12)14-7-9;/h4,6-8,10H,3,5,13H2,1-2H3;1H/t10-;/m0./s1. The van der Waals surface area contributed by atoms with Gasteiger partial charge in [-0.1, -0.05) is 31.5 Å². The van der Waals surface area contributed by atoms with E-state index in [1.807, 2.05) is 6.07 Å². The highest BCUT2D eigenvalue weighted by molar-refractivity contribution is 6.29. The molecular weight excluding hydrogens is 231 g/mol. The first-order valence-corrected chi connectivity index (χ1v) is 5.34. The average Bonchev–Trinajstić information content (AvgIpc) is 2.15. The van der Waals surface area contributed by atoms with Crippen molar-refractivity contribution in [3.8, 4) is 0 Å². The molecule has 1 heterocycles. The lowest BCUT2D eigenvalue weighted by Crippen LogP contribution is -2.11. The molecule has 0 bridgehead atoms. The molecule has 0 radical (unpaired) electrons. The molecule has 1 aromatic rings. The number of halogens is 2. The molecule has 0 saturated heterocycles. The molecule has 0 saturated carbocycles. The van der Waals surface area contributed by atoms with Crippen molar-refractivity contribution in [2.24, 2.45) is 11.7 Å². The van der Waals surface area contributed by atoms with Crippen molar-refractivity contribution < 1.29 is 0 Å². The van der Waals surface area contributed by atoms with Gasteiger partial charge in [0.2, 0.25) is 0 Å². The van der Waals surface area contributed by atoms with Crippen molar-refractivity contribution in [3.05, 3.63) is 29.0 Å². The highest BCUT2D eigenvalue weighted by atomic mass is 35.5. The molecule has 0 spiro atoms. The number of hydrogen-bond donors (Lipinski definition) is 1. The second kappa shape index (κ2) is 7.04. The molecule has 1 atom stereocenters. The fraction of sp³-hybridized carbons (Fsp3) is 0.545. The van der Waals surface area contributed by atoms with Crippen LogP contribution in [0.4, 0.5) is 0 Å². The predicted octanol–water partition coefficient (Wildman–Crippen LogP) is 3.59. The highest BCUT2D eigenvalue weighted by Crippen LogP contribution is 2.18. The van der Waals surface area contributed by atoms with Crippen LogP contribution < -0.4 is 5.73 Å². The van der Waals surface area contributed by atoms with E-state index in [1.54, 1.807) is 12.3 Å². The number of nitrogens with two attached hydrogens (primary N) is 1. The Hall–Kier alpha value is -0.310. The Morgan fingerprint density at radius 1 is 1.33 bits per heavy atom. The topological polar surface area (TPSA) is 38.9 Å².